The molecule has 0 bridgehead atoms. The quantitative estimate of drug-likeness (QED) is 0.759. The monoisotopic (exact) mass is 238 g/mol. The molecule has 1 aromatic rings. The van der Waals surface area contributed by atoms with Gasteiger partial charge in [-0.05, 0) is 18.8 Å². The van der Waals surface area contributed by atoms with Gasteiger partial charge in [0, 0.05) is 25.4 Å². The minimum Gasteiger partial charge on any atom is -0.348 e. The van der Waals surface area contributed by atoms with Gasteiger partial charge >= 0.3 is 0 Å². The Kier molecular flexibility index (Phi) is 3.59. The number of nitrogens with zero attached hydrogens (tertiary/aromatic N) is 2. The average molecular weight is 238 g/mol. The first-order valence-electron chi connectivity index (χ1n) is 5.92. The van der Waals surface area contributed by atoms with Crippen LogP contribution < -0.4 is 4.90 Å². The van der Waals surface area contributed by atoms with E-state index in [9.17, 15) is 4.79 Å². The maximum Gasteiger partial charge on any atom is 0.185 e. The standard InChI is InChI=1S/C12H18N2OS/c1-3-10-4-6-14(7-5-10)12-13-11(8-16-12)9(2)15/h8,10H,3-7H2,1-2H3. The molecule has 0 saturated carbocycles. The third kappa shape index (κ3) is 2.43. The van der Waals surface area contributed by atoms with Crippen LogP contribution in [0.25, 0.3) is 0 Å². The van der Waals surface area contributed by atoms with Crippen molar-refractivity contribution in [1.82, 2.24) is 4.98 Å². The second kappa shape index (κ2) is 4.95. The minimum atomic E-state index is 0.0611. The van der Waals surface area contributed by atoms with Crippen molar-refractivity contribution in [2.24, 2.45) is 5.92 Å². The molecule has 3 nitrogen and oxygen atoms in total. The molecule has 0 aromatic carbocycles. The number of ketones is 1. The lowest BCUT2D eigenvalue weighted by atomic mass is 9.95. The average Bonchev–Trinajstić information content (AvgIpc) is 2.78. The third-order valence-corrected chi connectivity index (χ3v) is 4.22. The zero-order valence-electron chi connectivity index (χ0n) is 9.90. The van der Waals surface area contributed by atoms with Gasteiger partial charge in [-0.2, -0.15) is 0 Å². The van der Waals surface area contributed by atoms with E-state index in [0.717, 1.165) is 24.1 Å². The fourth-order valence-corrected chi connectivity index (χ4v) is 3.02. The van der Waals surface area contributed by atoms with Gasteiger partial charge in [0.2, 0.25) is 0 Å². The summed E-state index contributed by atoms with van der Waals surface area (Å²) in [4.78, 5) is 17.9. The zero-order chi connectivity index (χ0) is 11.5. The van der Waals surface area contributed by atoms with Gasteiger partial charge in [-0.25, -0.2) is 4.98 Å². The van der Waals surface area contributed by atoms with Gasteiger partial charge in [0.1, 0.15) is 5.69 Å². The Bertz CT molecular complexity index is 367. The normalized spacial score (nSPS) is 17.8. The highest BCUT2D eigenvalue weighted by Crippen LogP contribution is 2.27. The van der Waals surface area contributed by atoms with Gasteiger partial charge < -0.3 is 4.90 Å². The van der Waals surface area contributed by atoms with Crippen LogP contribution in [0.2, 0.25) is 0 Å². The van der Waals surface area contributed by atoms with Gasteiger partial charge in [-0.3, -0.25) is 4.79 Å². The number of carbonyl (C=O) groups is 1. The fraction of sp³-hybridized carbons (Fsp3) is 0.667. The van der Waals surface area contributed by atoms with Crippen molar-refractivity contribution in [2.75, 3.05) is 18.0 Å². The van der Waals surface area contributed by atoms with Crippen molar-refractivity contribution < 1.29 is 4.79 Å². The summed E-state index contributed by atoms with van der Waals surface area (Å²) in [5.41, 5.74) is 0.609. The van der Waals surface area contributed by atoms with Gasteiger partial charge in [0.15, 0.2) is 10.9 Å². The number of anilines is 1. The highest BCUT2D eigenvalue weighted by Gasteiger charge is 2.20. The SMILES string of the molecule is CCC1CCN(c2nc(C(C)=O)cs2)CC1. The van der Waals surface area contributed by atoms with E-state index in [2.05, 4.69) is 16.8 Å². The highest BCUT2D eigenvalue weighted by atomic mass is 32.1. The Morgan fingerprint density at radius 1 is 1.56 bits per heavy atom. The largest absolute Gasteiger partial charge is 0.348 e. The Morgan fingerprint density at radius 2 is 2.25 bits per heavy atom. The molecule has 2 heterocycles. The van der Waals surface area contributed by atoms with E-state index in [4.69, 9.17) is 0 Å². The number of aromatic nitrogens is 1. The van der Waals surface area contributed by atoms with Crippen LogP contribution in [0.15, 0.2) is 5.38 Å². The van der Waals surface area contributed by atoms with Crippen LogP contribution in [0.4, 0.5) is 5.13 Å². The number of hydrogen-bond acceptors (Lipinski definition) is 4. The maximum absolute atomic E-state index is 11.2. The smallest absolute Gasteiger partial charge is 0.185 e. The van der Waals surface area contributed by atoms with Crippen LogP contribution in [-0.2, 0) is 0 Å². The summed E-state index contributed by atoms with van der Waals surface area (Å²) in [6.45, 7) is 6.01. The molecule has 0 atom stereocenters. The fourth-order valence-electron chi connectivity index (χ4n) is 2.10. The summed E-state index contributed by atoms with van der Waals surface area (Å²) in [5, 5.41) is 2.88. The first-order chi connectivity index (χ1) is 7.70. The molecule has 0 radical (unpaired) electrons. The third-order valence-electron chi connectivity index (χ3n) is 3.32. The number of piperidine rings is 1. The highest BCUT2D eigenvalue weighted by molar-refractivity contribution is 7.13. The van der Waals surface area contributed by atoms with Crippen molar-refractivity contribution in [3.8, 4) is 0 Å². The van der Waals surface area contributed by atoms with Crippen molar-refractivity contribution in [3.05, 3.63) is 11.1 Å². The van der Waals surface area contributed by atoms with E-state index >= 15 is 0 Å². The topological polar surface area (TPSA) is 33.2 Å². The van der Waals surface area contributed by atoms with Gasteiger partial charge in [0.05, 0.1) is 0 Å². The molecule has 1 saturated heterocycles. The van der Waals surface area contributed by atoms with E-state index in [1.165, 1.54) is 19.3 Å². The van der Waals surface area contributed by atoms with Crippen molar-refractivity contribution in [2.45, 2.75) is 33.1 Å². The molecule has 0 N–H and O–H groups in total. The molecular formula is C12H18N2OS. The van der Waals surface area contributed by atoms with Gasteiger partial charge in [-0.15, -0.1) is 11.3 Å². The Labute approximate surface area is 100 Å². The van der Waals surface area contributed by atoms with Crippen LogP contribution in [0.3, 0.4) is 0 Å². The number of rotatable bonds is 3. The first-order valence-corrected chi connectivity index (χ1v) is 6.80. The number of carbonyl (C=O) groups excluding carboxylic acids is 1. The lowest BCUT2D eigenvalue weighted by molar-refractivity contribution is 0.101. The van der Waals surface area contributed by atoms with E-state index in [-0.39, 0.29) is 5.78 Å². The summed E-state index contributed by atoms with van der Waals surface area (Å²) in [5.74, 6) is 0.939. The van der Waals surface area contributed by atoms with E-state index in [0.29, 0.717) is 5.69 Å². The molecule has 0 spiro atoms. The Hall–Kier alpha value is -0.900. The van der Waals surface area contributed by atoms with Crippen LogP contribution >= 0.6 is 11.3 Å². The van der Waals surface area contributed by atoms with Crippen molar-refractivity contribution in [3.63, 3.8) is 0 Å². The number of Topliss-reactive ketones (excluding diaryl/α,β-unsaturated/α-hetero) is 1. The molecule has 1 fully saturated rings. The number of thiazole rings is 1. The summed E-state index contributed by atoms with van der Waals surface area (Å²) < 4.78 is 0. The molecule has 88 valence electrons. The summed E-state index contributed by atoms with van der Waals surface area (Å²) >= 11 is 1.59. The summed E-state index contributed by atoms with van der Waals surface area (Å²) in [7, 11) is 0. The zero-order valence-corrected chi connectivity index (χ0v) is 10.7. The van der Waals surface area contributed by atoms with E-state index < -0.39 is 0 Å². The Morgan fingerprint density at radius 3 is 2.75 bits per heavy atom. The molecule has 0 amide bonds. The van der Waals surface area contributed by atoms with Gasteiger partial charge in [0.25, 0.3) is 0 Å². The molecule has 0 aliphatic carbocycles. The summed E-state index contributed by atoms with van der Waals surface area (Å²) in [6.07, 6.45) is 3.79. The second-order valence-corrected chi connectivity index (χ2v) is 5.25. The van der Waals surface area contributed by atoms with Crippen LogP contribution in [0.1, 0.15) is 43.6 Å². The maximum atomic E-state index is 11.2. The summed E-state index contributed by atoms with van der Waals surface area (Å²) in [6, 6.07) is 0. The minimum absolute atomic E-state index is 0.0611. The molecule has 16 heavy (non-hydrogen) atoms. The predicted molar refractivity (Wildman–Crippen MR) is 67.3 cm³/mol. The van der Waals surface area contributed by atoms with Crippen LogP contribution in [0, 0.1) is 5.92 Å². The molecule has 1 aliphatic heterocycles. The lowest BCUT2D eigenvalue weighted by Gasteiger charge is -2.31. The molecule has 0 unspecified atom stereocenters. The van der Waals surface area contributed by atoms with Crippen molar-refractivity contribution >= 4 is 22.3 Å². The Balaban J connectivity index is 2.00. The van der Waals surface area contributed by atoms with Crippen molar-refractivity contribution in [1.29, 1.82) is 0 Å². The molecule has 1 aromatic heterocycles. The van der Waals surface area contributed by atoms with E-state index in [1.807, 2.05) is 5.38 Å². The van der Waals surface area contributed by atoms with E-state index in [1.54, 1.807) is 18.3 Å². The molecule has 1 aliphatic rings. The first kappa shape index (κ1) is 11.6. The lowest BCUT2D eigenvalue weighted by Crippen LogP contribution is -2.33. The molecule has 2 rings (SSSR count). The molecular weight excluding hydrogens is 220 g/mol. The molecule has 4 heteroatoms. The number of hydrogen-bond donors (Lipinski definition) is 0. The van der Waals surface area contributed by atoms with Gasteiger partial charge in [-0.1, -0.05) is 13.3 Å². The van der Waals surface area contributed by atoms with Crippen LogP contribution in [-0.4, -0.2) is 23.9 Å². The van der Waals surface area contributed by atoms with Crippen LogP contribution in [0.5, 0.6) is 0 Å². The second-order valence-electron chi connectivity index (χ2n) is 4.41. The predicted octanol–water partition coefficient (Wildman–Crippen LogP) is 2.97.